The second-order valence-corrected chi connectivity index (χ2v) is 5.07. The first kappa shape index (κ1) is 25.5. The molecule has 0 aliphatic carbocycles. The van der Waals surface area contributed by atoms with Crippen LogP contribution in [0.5, 0.6) is 0 Å². The average molecular weight is 387 g/mol. The summed E-state index contributed by atoms with van der Waals surface area (Å²) in [6.45, 7) is 4.28. The predicted molar refractivity (Wildman–Crippen MR) is 76.8 cm³/mol. The summed E-state index contributed by atoms with van der Waals surface area (Å²) in [7, 11) is 0. The van der Waals surface area contributed by atoms with Crippen LogP contribution in [0.3, 0.4) is 0 Å². The molecule has 126 valence electrons. The van der Waals surface area contributed by atoms with Crippen molar-refractivity contribution in [1.29, 1.82) is 0 Å². The molecule has 0 aliphatic rings. The molecule has 0 bridgehead atoms. The first-order valence-electron chi connectivity index (χ1n) is 7.94. The molecule has 0 aliphatic heterocycles. The van der Waals surface area contributed by atoms with Gasteiger partial charge in [-0.1, -0.05) is 65.2 Å². The molecule has 0 spiro atoms. The second-order valence-electron chi connectivity index (χ2n) is 5.07. The smallest absolute Gasteiger partial charge is 0.550 e. The molecule has 4 nitrogen and oxygen atoms in total. The molecule has 0 heterocycles. The molecular weight excluding hydrogens is 357 g/mol. The number of carbonyl (C=O) groups is 2. The maximum Gasteiger partial charge on any atom is 2.00 e. The monoisotopic (exact) mass is 388 g/mol. The summed E-state index contributed by atoms with van der Waals surface area (Å²) in [6.07, 6.45) is 11.2. The van der Waals surface area contributed by atoms with E-state index in [1.807, 2.05) is 0 Å². The summed E-state index contributed by atoms with van der Waals surface area (Å²) in [5.41, 5.74) is 0. The first-order valence-corrected chi connectivity index (χ1v) is 7.94. The minimum atomic E-state index is -0.920. The Labute approximate surface area is 142 Å². The number of carboxylic acids is 2. The topological polar surface area (TPSA) is 80.3 Å². The molecular formula is C16H30O4Ru. The van der Waals surface area contributed by atoms with Gasteiger partial charge in [-0.2, -0.15) is 0 Å². The van der Waals surface area contributed by atoms with Gasteiger partial charge in [-0.05, 0) is 25.7 Å². The zero-order valence-corrected chi connectivity index (χ0v) is 15.2. The Morgan fingerprint density at radius 2 is 0.905 bits per heavy atom. The number of rotatable bonds is 12. The number of carboxylic acid groups (broad SMARTS) is 2. The third-order valence-corrected chi connectivity index (χ3v) is 2.97. The number of carbonyl (C=O) groups excluding carboxylic acids is 2. The normalized spacial score (nSPS) is 9.24. The average Bonchev–Trinajstić information content (AvgIpc) is 2.38. The first-order chi connectivity index (χ1) is 9.54. The van der Waals surface area contributed by atoms with Crippen LogP contribution in [0.4, 0.5) is 0 Å². The summed E-state index contributed by atoms with van der Waals surface area (Å²) < 4.78 is 0. The molecule has 0 atom stereocenters. The molecule has 0 aromatic carbocycles. The van der Waals surface area contributed by atoms with E-state index < -0.39 is 11.9 Å². The zero-order chi connectivity index (χ0) is 15.6. The van der Waals surface area contributed by atoms with Crippen LogP contribution in [0.15, 0.2) is 0 Å². The van der Waals surface area contributed by atoms with Gasteiger partial charge in [0.15, 0.2) is 0 Å². The van der Waals surface area contributed by atoms with Gasteiger partial charge in [-0.3, -0.25) is 0 Å². The Hall–Kier alpha value is -0.437. The Bertz CT molecular complexity index is 208. The number of hydrogen-bond donors (Lipinski definition) is 0. The fourth-order valence-corrected chi connectivity index (χ4v) is 1.75. The SMILES string of the molecule is CCCCCCCC(=O)[O-].CCCCCCCC(=O)[O-].[Ru+2]. The molecule has 0 aromatic rings. The van der Waals surface area contributed by atoms with Crippen molar-refractivity contribution < 1.29 is 39.3 Å². The van der Waals surface area contributed by atoms with Crippen LogP contribution >= 0.6 is 0 Å². The van der Waals surface area contributed by atoms with Crippen molar-refractivity contribution in [2.45, 2.75) is 90.9 Å². The van der Waals surface area contributed by atoms with Gasteiger partial charge in [-0.15, -0.1) is 0 Å². The van der Waals surface area contributed by atoms with Gasteiger partial charge in [0.1, 0.15) is 0 Å². The molecule has 0 saturated carbocycles. The van der Waals surface area contributed by atoms with E-state index in [1.54, 1.807) is 0 Å². The third-order valence-electron chi connectivity index (χ3n) is 2.97. The van der Waals surface area contributed by atoms with Gasteiger partial charge in [-0.25, -0.2) is 0 Å². The molecule has 5 heteroatoms. The Morgan fingerprint density at radius 1 is 0.619 bits per heavy atom. The van der Waals surface area contributed by atoms with Crippen molar-refractivity contribution in [3.8, 4) is 0 Å². The summed E-state index contributed by atoms with van der Waals surface area (Å²) in [6, 6.07) is 0. The van der Waals surface area contributed by atoms with Crippen molar-refractivity contribution in [2.24, 2.45) is 0 Å². The van der Waals surface area contributed by atoms with Crippen LogP contribution in [-0.4, -0.2) is 11.9 Å². The van der Waals surface area contributed by atoms with Crippen LogP contribution in [-0.2, 0) is 29.1 Å². The Morgan fingerprint density at radius 3 is 1.14 bits per heavy atom. The quantitative estimate of drug-likeness (QED) is 0.380. The van der Waals surface area contributed by atoms with Crippen molar-refractivity contribution in [2.75, 3.05) is 0 Å². The van der Waals surface area contributed by atoms with Crippen molar-refractivity contribution in [1.82, 2.24) is 0 Å². The van der Waals surface area contributed by atoms with E-state index in [1.165, 1.54) is 25.7 Å². The molecule has 0 fully saturated rings. The molecule has 21 heavy (non-hydrogen) atoms. The summed E-state index contributed by atoms with van der Waals surface area (Å²) in [5.74, 6) is -1.84. The van der Waals surface area contributed by atoms with Crippen LogP contribution in [0, 0.1) is 0 Å². The molecule has 0 amide bonds. The minimum Gasteiger partial charge on any atom is -0.550 e. The number of unbranched alkanes of at least 4 members (excludes halogenated alkanes) is 8. The summed E-state index contributed by atoms with van der Waals surface area (Å²) >= 11 is 0. The maximum atomic E-state index is 9.92. The van der Waals surface area contributed by atoms with Gasteiger partial charge in [0.25, 0.3) is 0 Å². The third kappa shape index (κ3) is 32.8. The number of aliphatic carboxylic acids is 2. The molecule has 0 rings (SSSR count). The van der Waals surface area contributed by atoms with E-state index in [9.17, 15) is 19.8 Å². The standard InChI is InChI=1S/2C8H16O2.Ru/c2*1-2-3-4-5-6-7-8(9)10;/h2*2-7H2,1H3,(H,9,10);/q;;+2/p-2. The minimum absolute atomic E-state index is 0. The van der Waals surface area contributed by atoms with Crippen LogP contribution in [0.25, 0.3) is 0 Å². The van der Waals surface area contributed by atoms with Gasteiger partial charge in [0.2, 0.25) is 0 Å². The van der Waals surface area contributed by atoms with E-state index in [2.05, 4.69) is 13.8 Å². The van der Waals surface area contributed by atoms with E-state index >= 15 is 0 Å². The van der Waals surface area contributed by atoms with Crippen molar-refractivity contribution in [3.63, 3.8) is 0 Å². The second kappa shape index (κ2) is 21.9. The predicted octanol–water partition coefficient (Wildman–Crippen LogP) is 2.19. The fraction of sp³-hybridized carbons (Fsp3) is 0.875. The summed E-state index contributed by atoms with van der Waals surface area (Å²) in [4.78, 5) is 19.8. The van der Waals surface area contributed by atoms with Crippen molar-refractivity contribution >= 4 is 11.9 Å². The largest absolute Gasteiger partial charge is 2.00 e. The van der Waals surface area contributed by atoms with E-state index in [-0.39, 0.29) is 32.3 Å². The van der Waals surface area contributed by atoms with Gasteiger partial charge in [0.05, 0.1) is 0 Å². The van der Waals surface area contributed by atoms with E-state index in [4.69, 9.17) is 0 Å². The summed E-state index contributed by atoms with van der Waals surface area (Å²) in [5, 5.41) is 19.8. The molecule has 0 saturated heterocycles. The van der Waals surface area contributed by atoms with Crippen molar-refractivity contribution in [3.05, 3.63) is 0 Å². The van der Waals surface area contributed by atoms with Crippen LogP contribution in [0.1, 0.15) is 90.9 Å². The van der Waals surface area contributed by atoms with Crippen LogP contribution < -0.4 is 10.2 Å². The molecule has 0 radical (unpaired) electrons. The Kier molecular flexibility index (Phi) is 26.6. The van der Waals surface area contributed by atoms with E-state index in [0.717, 1.165) is 38.5 Å². The van der Waals surface area contributed by atoms with Gasteiger partial charge < -0.3 is 19.8 Å². The van der Waals surface area contributed by atoms with Gasteiger partial charge in [0, 0.05) is 11.9 Å². The van der Waals surface area contributed by atoms with Gasteiger partial charge >= 0.3 is 19.5 Å². The molecule has 0 unspecified atom stereocenters. The molecule has 0 aromatic heterocycles. The van der Waals surface area contributed by atoms with E-state index in [0.29, 0.717) is 0 Å². The Balaban J connectivity index is -0.000000295. The molecule has 0 N–H and O–H groups in total. The van der Waals surface area contributed by atoms with Crippen LogP contribution in [0.2, 0.25) is 0 Å². The maximum absolute atomic E-state index is 9.92. The number of hydrogen-bond acceptors (Lipinski definition) is 4. The zero-order valence-electron chi connectivity index (χ0n) is 13.5. The fourth-order valence-electron chi connectivity index (χ4n) is 1.75.